The van der Waals surface area contributed by atoms with Crippen LogP contribution >= 0.6 is 28.3 Å². The molecule has 0 aliphatic carbocycles. The Morgan fingerprint density at radius 1 is 1.45 bits per heavy atom. The smallest absolute Gasteiger partial charge is 0.337 e. The number of sulfonamides is 1. The van der Waals surface area contributed by atoms with Gasteiger partial charge in [0.2, 0.25) is 10.0 Å². The summed E-state index contributed by atoms with van der Waals surface area (Å²) in [5.41, 5.74) is 0.294. The minimum absolute atomic E-state index is 0. The van der Waals surface area contributed by atoms with Gasteiger partial charge in [0.1, 0.15) is 0 Å². The lowest BCUT2D eigenvalue weighted by Gasteiger charge is -2.23. The van der Waals surface area contributed by atoms with Gasteiger partial charge in [-0.1, -0.05) is 0 Å². The number of rotatable bonds is 4. The number of halogens is 2. The summed E-state index contributed by atoms with van der Waals surface area (Å²) in [7, 11) is -2.35. The Bertz CT molecular complexity index is 633. The van der Waals surface area contributed by atoms with Gasteiger partial charge in [0.25, 0.3) is 0 Å². The molecule has 124 valence electrons. The van der Waals surface area contributed by atoms with Crippen LogP contribution in [0.4, 0.5) is 0 Å². The number of nitrogens with one attached hydrogen (secondary N) is 2. The molecule has 22 heavy (non-hydrogen) atoms. The van der Waals surface area contributed by atoms with Crippen LogP contribution in [0.2, 0.25) is 0 Å². The zero-order valence-electron chi connectivity index (χ0n) is 12.0. The zero-order chi connectivity index (χ0) is 15.5. The topological polar surface area (TPSA) is 84.5 Å². The lowest BCUT2D eigenvalue weighted by molar-refractivity contribution is 0.0600. The number of ether oxygens (including phenoxy) is 1. The lowest BCUT2D eigenvalue weighted by atomic mass is 10.1. The summed E-state index contributed by atoms with van der Waals surface area (Å²) in [5.74, 6) is -0.510. The fraction of sp³-hybridized carbons (Fsp3) is 0.462. The molecule has 1 fully saturated rings. The molecule has 1 heterocycles. The van der Waals surface area contributed by atoms with Crippen LogP contribution in [0.3, 0.4) is 0 Å². The second-order valence-corrected chi connectivity index (χ2v) is 7.34. The monoisotopic (exact) mass is 412 g/mol. The first-order chi connectivity index (χ1) is 9.94. The van der Waals surface area contributed by atoms with Gasteiger partial charge in [-0.15, -0.1) is 12.4 Å². The molecule has 6 nitrogen and oxygen atoms in total. The number of carbonyl (C=O) groups is 1. The third kappa shape index (κ3) is 4.66. The molecule has 1 atom stereocenters. The van der Waals surface area contributed by atoms with Gasteiger partial charge >= 0.3 is 5.97 Å². The van der Waals surface area contributed by atoms with Crippen molar-refractivity contribution in [2.75, 3.05) is 20.2 Å². The summed E-state index contributed by atoms with van der Waals surface area (Å²) in [5, 5.41) is 3.16. The van der Waals surface area contributed by atoms with E-state index in [9.17, 15) is 13.2 Å². The molecule has 0 radical (unpaired) electrons. The van der Waals surface area contributed by atoms with Gasteiger partial charge < -0.3 is 10.1 Å². The highest BCUT2D eigenvalue weighted by molar-refractivity contribution is 9.10. The first-order valence-corrected chi connectivity index (χ1v) is 8.82. The van der Waals surface area contributed by atoms with Crippen molar-refractivity contribution in [2.24, 2.45) is 0 Å². The van der Waals surface area contributed by atoms with E-state index in [0.717, 1.165) is 19.4 Å². The maximum Gasteiger partial charge on any atom is 0.337 e. The Kier molecular flexibility index (Phi) is 7.27. The molecule has 1 aliphatic rings. The minimum atomic E-state index is -3.63. The largest absolute Gasteiger partial charge is 0.465 e. The zero-order valence-corrected chi connectivity index (χ0v) is 15.2. The fourth-order valence-electron chi connectivity index (χ4n) is 2.20. The average Bonchev–Trinajstić information content (AvgIpc) is 2.46. The number of piperidine rings is 1. The van der Waals surface area contributed by atoms with Crippen molar-refractivity contribution in [1.82, 2.24) is 10.0 Å². The van der Waals surface area contributed by atoms with Crippen LogP contribution in [-0.4, -0.2) is 40.6 Å². The molecule has 9 heteroatoms. The summed E-state index contributed by atoms with van der Waals surface area (Å²) < 4.78 is 32.4. The van der Waals surface area contributed by atoms with Crippen LogP contribution in [0.15, 0.2) is 27.6 Å². The number of benzene rings is 1. The predicted molar refractivity (Wildman–Crippen MR) is 88.9 cm³/mol. The Morgan fingerprint density at radius 2 is 2.18 bits per heavy atom. The van der Waals surface area contributed by atoms with Crippen LogP contribution in [0.5, 0.6) is 0 Å². The molecule has 0 bridgehead atoms. The third-order valence-electron chi connectivity index (χ3n) is 3.26. The molecule has 2 N–H and O–H groups in total. The summed E-state index contributed by atoms with van der Waals surface area (Å²) >= 11 is 3.20. The van der Waals surface area contributed by atoms with Crippen molar-refractivity contribution >= 4 is 44.3 Å². The number of hydrogen-bond acceptors (Lipinski definition) is 5. The summed E-state index contributed by atoms with van der Waals surface area (Å²) in [6.07, 6.45) is 1.75. The maximum absolute atomic E-state index is 12.4. The average molecular weight is 414 g/mol. The molecule has 1 aromatic carbocycles. The quantitative estimate of drug-likeness (QED) is 0.734. The molecule has 0 spiro atoms. The van der Waals surface area contributed by atoms with E-state index in [1.807, 2.05) is 0 Å². The Balaban J connectivity index is 0.00000242. The Hall–Kier alpha value is -0.670. The van der Waals surface area contributed by atoms with Gasteiger partial charge in [-0.25, -0.2) is 17.9 Å². The van der Waals surface area contributed by atoms with E-state index in [2.05, 4.69) is 30.7 Å². The molecular weight excluding hydrogens is 396 g/mol. The van der Waals surface area contributed by atoms with Crippen LogP contribution in [0, 0.1) is 0 Å². The molecule has 1 aliphatic heterocycles. The predicted octanol–water partition coefficient (Wildman–Crippen LogP) is 1.69. The molecule has 0 aromatic heterocycles. The van der Waals surface area contributed by atoms with E-state index in [-0.39, 0.29) is 23.3 Å². The van der Waals surface area contributed by atoms with Crippen molar-refractivity contribution in [1.29, 1.82) is 0 Å². The normalized spacial score (nSPS) is 18.4. The van der Waals surface area contributed by atoms with Crippen molar-refractivity contribution < 1.29 is 17.9 Å². The number of carbonyl (C=O) groups excluding carboxylic acids is 1. The van der Waals surface area contributed by atoms with Crippen molar-refractivity contribution in [3.63, 3.8) is 0 Å². The van der Waals surface area contributed by atoms with Crippen LogP contribution in [-0.2, 0) is 14.8 Å². The van der Waals surface area contributed by atoms with Gasteiger partial charge in [0.15, 0.2) is 0 Å². The minimum Gasteiger partial charge on any atom is -0.465 e. The highest BCUT2D eigenvalue weighted by Crippen LogP contribution is 2.24. The summed E-state index contributed by atoms with van der Waals surface area (Å²) in [4.78, 5) is 11.5. The second-order valence-electron chi connectivity index (χ2n) is 4.80. The lowest BCUT2D eigenvalue weighted by Crippen LogP contribution is -2.45. The van der Waals surface area contributed by atoms with Crippen molar-refractivity contribution in [3.05, 3.63) is 28.2 Å². The van der Waals surface area contributed by atoms with E-state index in [0.29, 0.717) is 16.6 Å². The van der Waals surface area contributed by atoms with Gasteiger partial charge in [-0.05, 0) is 53.5 Å². The first kappa shape index (κ1) is 19.4. The maximum atomic E-state index is 12.4. The molecule has 1 saturated heterocycles. The molecule has 0 saturated carbocycles. The molecule has 2 rings (SSSR count). The van der Waals surface area contributed by atoms with Gasteiger partial charge in [0, 0.05) is 17.1 Å². The van der Waals surface area contributed by atoms with Gasteiger partial charge in [-0.2, -0.15) is 0 Å². The molecule has 1 aromatic rings. The molecule has 0 amide bonds. The SMILES string of the molecule is COC(=O)c1ccc(S(=O)(=O)NC2CCCNC2)c(Br)c1.Cl. The van der Waals surface area contributed by atoms with Crippen LogP contribution in [0.1, 0.15) is 23.2 Å². The summed E-state index contributed by atoms with van der Waals surface area (Å²) in [6.45, 7) is 1.53. The number of hydrogen-bond donors (Lipinski definition) is 2. The third-order valence-corrected chi connectivity index (χ3v) is 5.76. The van der Waals surface area contributed by atoms with Gasteiger partial charge in [0.05, 0.1) is 17.6 Å². The van der Waals surface area contributed by atoms with Crippen LogP contribution in [0.25, 0.3) is 0 Å². The second kappa shape index (κ2) is 8.26. The van der Waals surface area contributed by atoms with Gasteiger partial charge in [-0.3, -0.25) is 0 Å². The molecule has 1 unspecified atom stereocenters. The first-order valence-electron chi connectivity index (χ1n) is 6.55. The van der Waals surface area contributed by atoms with E-state index in [1.54, 1.807) is 0 Å². The van der Waals surface area contributed by atoms with Crippen LogP contribution < -0.4 is 10.0 Å². The Morgan fingerprint density at radius 3 is 2.73 bits per heavy atom. The summed E-state index contributed by atoms with van der Waals surface area (Å²) in [6, 6.07) is 4.16. The highest BCUT2D eigenvalue weighted by atomic mass is 79.9. The molecular formula is C13H18BrClN2O4S. The van der Waals surface area contributed by atoms with Crippen molar-refractivity contribution in [2.45, 2.75) is 23.8 Å². The van der Waals surface area contributed by atoms with E-state index < -0.39 is 16.0 Å². The number of esters is 1. The number of methoxy groups -OCH3 is 1. The van der Waals surface area contributed by atoms with E-state index >= 15 is 0 Å². The van der Waals surface area contributed by atoms with Crippen molar-refractivity contribution in [3.8, 4) is 0 Å². The fourth-order valence-corrected chi connectivity index (χ4v) is 4.55. The highest BCUT2D eigenvalue weighted by Gasteiger charge is 2.24. The van der Waals surface area contributed by atoms with E-state index in [1.165, 1.54) is 25.3 Å². The standard InChI is InChI=1S/C13H17BrN2O4S.ClH/c1-20-13(17)9-4-5-12(11(14)7-9)21(18,19)16-10-3-2-6-15-8-10;/h4-5,7,10,15-16H,2-3,6,8H2,1H3;1H. The van der Waals surface area contributed by atoms with E-state index in [4.69, 9.17) is 0 Å². The Labute approximate surface area is 144 Å².